The maximum atomic E-state index is 12.4. The Labute approximate surface area is 150 Å². The summed E-state index contributed by atoms with van der Waals surface area (Å²) in [6.07, 6.45) is 10.2. The molecule has 5 nitrogen and oxygen atoms in total. The molecule has 1 aromatic rings. The average Bonchev–Trinajstić information content (AvgIpc) is 3.32. The van der Waals surface area contributed by atoms with Crippen molar-refractivity contribution in [2.24, 2.45) is 5.41 Å². The van der Waals surface area contributed by atoms with Gasteiger partial charge < -0.3 is 19.3 Å². The first kappa shape index (κ1) is 17.1. The van der Waals surface area contributed by atoms with E-state index in [1.807, 2.05) is 4.90 Å². The molecule has 1 spiro atoms. The van der Waals surface area contributed by atoms with E-state index in [0.717, 1.165) is 71.2 Å². The highest BCUT2D eigenvalue weighted by Gasteiger charge is 2.44. The van der Waals surface area contributed by atoms with Crippen LogP contribution in [-0.2, 0) is 0 Å². The standard InChI is InChI=1S/C20H30N2O3/c23-18(17-4-3-15-25-17)22-13-9-19(10-14-22)5-7-20(24,8-6-19)16-21-11-1-2-12-21/h3-4,15,24H,1-2,5-14,16H2. The van der Waals surface area contributed by atoms with Crippen LogP contribution in [0.15, 0.2) is 22.8 Å². The number of aliphatic hydroxyl groups is 1. The molecule has 1 aliphatic carbocycles. The van der Waals surface area contributed by atoms with Crippen LogP contribution < -0.4 is 0 Å². The van der Waals surface area contributed by atoms with Gasteiger partial charge in [-0.05, 0) is 82.0 Å². The van der Waals surface area contributed by atoms with Crippen molar-refractivity contribution >= 4 is 5.91 Å². The van der Waals surface area contributed by atoms with Crippen molar-refractivity contribution in [2.75, 3.05) is 32.7 Å². The number of hydrogen-bond donors (Lipinski definition) is 1. The lowest BCUT2D eigenvalue weighted by Gasteiger charge is -2.49. The highest BCUT2D eigenvalue weighted by atomic mass is 16.3. The van der Waals surface area contributed by atoms with E-state index in [0.29, 0.717) is 11.2 Å². The molecule has 3 aliphatic rings. The number of nitrogens with zero attached hydrogens (tertiary/aromatic N) is 2. The fraction of sp³-hybridized carbons (Fsp3) is 0.750. The van der Waals surface area contributed by atoms with E-state index >= 15 is 0 Å². The van der Waals surface area contributed by atoms with Gasteiger partial charge >= 0.3 is 0 Å². The van der Waals surface area contributed by atoms with Crippen LogP contribution in [0.25, 0.3) is 0 Å². The van der Waals surface area contributed by atoms with E-state index in [1.54, 1.807) is 18.4 Å². The van der Waals surface area contributed by atoms with Crippen LogP contribution in [0, 0.1) is 5.41 Å². The predicted molar refractivity (Wildman–Crippen MR) is 95.4 cm³/mol. The van der Waals surface area contributed by atoms with Crippen LogP contribution in [0.2, 0.25) is 0 Å². The fourth-order valence-electron chi connectivity index (χ4n) is 5.00. The van der Waals surface area contributed by atoms with Crippen LogP contribution in [0.5, 0.6) is 0 Å². The Balaban J connectivity index is 1.30. The number of carbonyl (C=O) groups is 1. The van der Waals surface area contributed by atoms with E-state index in [2.05, 4.69) is 4.90 Å². The summed E-state index contributed by atoms with van der Waals surface area (Å²) in [5.74, 6) is 0.459. The van der Waals surface area contributed by atoms with Gasteiger partial charge in [0.05, 0.1) is 11.9 Å². The van der Waals surface area contributed by atoms with Gasteiger partial charge in [-0.2, -0.15) is 0 Å². The van der Waals surface area contributed by atoms with E-state index in [9.17, 15) is 9.90 Å². The Morgan fingerprint density at radius 1 is 1.04 bits per heavy atom. The summed E-state index contributed by atoms with van der Waals surface area (Å²) in [7, 11) is 0. The summed E-state index contributed by atoms with van der Waals surface area (Å²) in [5, 5.41) is 11.0. The van der Waals surface area contributed by atoms with Crippen molar-refractivity contribution in [3.63, 3.8) is 0 Å². The molecule has 1 amide bonds. The molecule has 25 heavy (non-hydrogen) atoms. The van der Waals surface area contributed by atoms with Gasteiger partial charge in [0.25, 0.3) is 5.91 Å². The summed E-state index contributed by atoms with van der Waals surface area (Å²) in [6, 6.07) is 3.51. The molecule has 5 heteroatoms. The Bertz CT molecular complexity index is 574. The molecule has 1 N–H and O–H groups in total. The Morgan fingerprint density at radius 3 is 2.32 bits per heavy atom. The zero-order chi connectivity index (χ0) is 17.3. The van der Waals surface area contributed by atoms with Gasteiger partial charge in [-0.1, -0.05) is 0 Å². The number of likely N-dealkylation sites (tertiary alicyclic amines) is 2. The Morgan fingerprint density at radius 2 is 1.72 bits per heavy atom. The number of carbonyl (C=O) groups excluding carboxylic acids is 1. The average molecular weight is 346 g/mol. The molecule has 2 saturated heterocycles. The van der Waals surface area contributed by atoms with Crippen molar-refractivity contribution in [3.8, 4) is 0 Å². The highest BCUT2D eigenvalue weighted by Crippen LogP contribution is 2.48. The second-order valence-electron chi connectivity index (χ2n) is 8.48. The lowest BCUT2D eigenvalue weighted by atomic mass is 9.64. The van der Waals surface area contributed by atoms with Crippen LogP contribution in [0.1, 0.15) is 61.9 Å². The quantitative estimate of drug-likeness (QED) is 0.914. The largest absolute Gasteiger partial charge is 0.459 e. The highest BCUT2D eigenvalue weighted by molar-refractivity contribution is 5.91. The zero-order valence-electron chi connectivity index (χ0n) is 15.1. The molecule has 1 saturated carbocycles. The molecule has 0 atom stereocenters. The second kappa shape index (κ2) is 6.76. The third kappa shape index (κ3) is 3.63. The molecule has 138 valence electrons. The number of furan rings is 1. The van der Waals surface area contributed by atoms with Crippen molar-refractivity contribution in [1.82, 2.24) is 9.80 Å². The molecule has 4 rings (SSSR count). The molecule has 1 aromatic heterocycles. The molecule has 0 bridgehead atoms. The van der Waals surface area contributed by atoms with Gasteiger partial charge in [0.15, 0.2) is 5.76 Å². The van der Waals surface area contributed by atoms with Crippen molar-refractivity contribution in [1.29, 1.82) is 0 Å². The van der Waals surface area contributed by atoms with Gasteiger partial charge in [-0.25, -0.2) is 0 Å². The molecule has 2 aliphatic heterocycles. The van der Waals surface area contributed by atoms with Crippen molar-refractivity contribution in [3.05, 3.63) is 24.2 Å². The van der Waals surface area contributed by atoms with Crippen LogP contribution in [0.4, 0.5) is 0 Å². The minimum atomic E-state index is -0.489. The van der Waals surface area contributed by atoms with Crippen LogP contribution >= 0.6 is 0 Å². The van der Waals surface area contributed by atoms with E-state index in [-0.39, 0.29) is 5.91 Å². The zero-order valence-corrected chi connectivity index (χ0v) is 15.1. The lowest BCUT2D eigenvalue weighted by Crippen LogP contribution is -2.50. The number of amides is 1. The molecule has 0 radical (unpaired) electrons. The molecular weight excluding hydrogens is 316 g/mol. The molecule has 3 heterocycles. The van der Waals surface area contributed by atoms with Crippen LogP contribution in [-0.4, -0.2) is 59.1 Å². The van der Waals surface area contributed by atoms with E-state index < -0.39 is 5.60 Å². The molecule has 3 fully saturated rings. The minimum absolute atomic E-state index is 0.0150. The minimum Gasteiger partial charge on any atom is -0.459 e. The SMILES string of the molecule is O=C(c1ccco1)N1CCC2(CC1)CCC(O)(CN1CCCC1)CC2. The summed E-state index contributed by atoms with van der Waals surface area (Å²) in [5.41, 5.74) is -0.159. The maximum Gasteiger partial charge on any atom is 0.289 e. The molecular formula is C20H30N2O3. The second-order valence-corrected chi connectivity index (χ2v) is 8.48. The lowest BCUT2D eigenvalue weighted by molar-refractivity contribution is -0.0648. The number of rotatable bonds is 3. The first-order chi connectivity index (χ1) is 12.1. The Kier molecular flexibility index (Phi) is 4.63. The topological polar surface area (TPSA) is 56.9 Å². The van der Waals surface area contributed by atoms with E-state index in [4.69, 9.17) is 4.42 Å². The number of β-amino-alcohol motifs (C(OH)–C–C–N with tert-alkyl or cyclic N) is 1. The van der Waals surface area contributed by atoms with Gasteiger partial charge in [0.2, 0.25) is 0 Å². The predicted octanol–water partition coefficient (Wildman–Crippen LogP) is 2.90. The summed E-state index contributed by atoms with van der Waals surface area (Å²) >= 11 is 0. The Hall–Kier alpha value is -1.33. The van der Waals surface area contributed by atoms with Gasteiger partial charge in [0, 0.05) is 19.6 Å². The van der Waals surface area contributed by atoms with Crippen molar-refractivity contribution < 1.29 is 14.3 Å². The molecule has 0 unspecified atom stereocenters. The summed E-state index contributed by atoms with van der Waals surface area (Å²) < 4.78 is 5.25. The monoisotopic (exact) mass is 346 g/mol. The summed E-state index contributed by atoms with van der Waals surface area (Å²) in [4.78, 5) is 16.8. The van der Waals surface area contributed by atoms with Crippen molar-refractivity contribution in [2.45, 2.75) is 57.0 Å². The first-order valence-corrected chi connectivity index (χ1v) is 9.85. The molecule has 0 aromatic carbocycles. The normalized spacial score (nSPS) is 26.2. The summed E-state index contributed by atoms with van der Waals surface area (Å²) in [6.45, 7) is 4.77. The van der Waals surface area contributed by atoms with Gasteiger partial charge in [-0.15, -0.1) is 0 Å². The maximum absolute atomic E-state index is 12.4. The van der Waals surface area contributed by atoms with E-state index in [1.165, 1.54) is 12.8 Å². The fourth-order valence-corrected chi connectivity index (χ4v) is 5.00. The number of hydrogen-bond acceptors (Lipinski definition) is 4. The smallest absolute Gasteiger partial charge is 0.289 e. The third-order valence-electron chi connectivity index (χ3n) is 6.80. The third-order valence-corrected chi connectivity index (χ3v) is 6.80. The number of piperidine rings is 1. The van der Waals surface area contributed by atoms with Gasteiger partial charge in [0.1, 0.15) is 0 Å². The first-order valence-electron chi connectivity index (χ1n) is 9.85. The van der Waals surface area contributed by atoms with Gasteiger partial charge in [-0.3, -0.25) is 4.79 Å². The van der Waals surface area contributed by atoms with Crippen LogP contribution in [0.3, 0.4) is 0 Å².